The molecular weight excluding hydrogens is 322 g/mol. The zero-order valence-electron chi connectivity index (χ0n) is 14.2. The number of aromatic nitrogens is 1. The van der Waals surface area contributed by atoms with Crippen molar-refractivity contribution in [2.24, 2.45) is 0 Å². The molecule has 2 heterocycles. The van der Waals surface area contributed by atoms with Gasteiger partial charge in [0.1, 0.15) is 0 Å². The highest BCUT2D eigenvalue weighted by atomic mass is 32.1. The topological polar surface area (TPSA) is 12.9 Å². The lowest BCUT2D eigenvalue weighted by Crippen LogP contribution is -1.92. The van der Waals surface area contributed by atoms with E-state index in [2.05, 4.69) is 74.5 Å². The van der Waals surface area contributed by atoms with Crippen molar-refractivity contribution in [1.29, 1.82) is 0 Å². The summed E-state index contributed by atoms with van der Waals surface area (Å²) in [5.41, 5.74) is 5.02. The summed E-state index contributed by atoms with van der Waals surface area (Å²) in [7, 11) is 0. The molecule has 5 rings (SSSR count). The largest absolute Gasteiger partial charge is 0.256 e. The van der Waals surface area contributed by atoms with Crippen molar-refractivity contribution in [3.8, 4) is 11.3 Å². The van der Waals surface area contributed by atoms with E-state index in [-0.39, 0.29) is 0 Å². The molecular formula is C23H17NS. The van der Waals surface area contributed by atoms with Gasteiger partial charge in [0, 0.05) is 37.3 Å². The van der Waals surface area contributed by atoms with Crippen LogP contribution >= 0.6 is 11.3 Å². The van der Waals surface area contributed by atoms with Crippen molar-refractivity contribution < 1.29 is 0 Å². The normalized spacial score (nSPS) is 11.6. The van der Waals surface area contributed by atoms with Crippen LogP contribution < -0.4 is 0 Å². The maximum atomic E-state index is 4.81. The lowest BCUT2D eigenvalue weighted by Gasteiger charge is -2.12. The highest BCUT2D eigenvalue weighted by Gasteiger charge is 2.17. The average Bonchev–Trinajstić information content (AvgIpc) is 3.00. The number of aryl methyl sites for hydroxylation is 1. The molecule has 1 nitrogen and oxygen atoms in total. The van der Waals surface area contributed by atoms with E-state index in [1.54, 1.807) is 0 Å². The summed E-state index contributed by atoms with van der Waals surface area (Å²) >= 11 is 1.87. The molecule has 0 N–H and O–H groups in total. The van der Waals surface area contributed by atoms with Gasteiger partial charge in [-0.3, -0.25) is 4.98 Å². The van der Waals surface area contributed by atoms with Gasteiger partial charge < -0.3 is 0 Å². The summed E-state index contributed by atoms with van der Waals surface area (Å²) in [5, 5.41) is 5.14. The molecule has 2 heteroatoms. The molecule has 120 valence electrons. The van der Waals surface area contributed by atoms with Gasteiger partial charge in [0.05, 0.1) is 5.69 Å². The number of fused-ring (bicyclic) bond motifs is 4. The Morgan fingerprint density at radius 3 is 2.44 bits per heavy atom. The van der Waals surface area contributed by atoms with Gasteiger partial charge >= 0.3 is 0 Å². The van der Waals surface area contributed by atoms with Crippen molar-refractivity contribution in [2.75, 3.05) is 0 Å². The Hall–Kier alpha value is -2.71. The third kappa shape index (κ3) is 2.11. The summed E-state index contributed by atoms with van der Waals surface area (Å²) < 4.78 is 2.68. The van der Waals surface area contributed by atoms with Crippen LogP contribution in [0.2, 0.25) is 0 Å². The summed E-state index contributed by atoms with van der Waals surface area (Å²) in [4.78, 5) is 4.81. The minimum absolute atomic E-state index is 1.09. The molecule has 0 amide bonds. The second-order valence-corrected chi connectivity index (χ2v) is 7.60. The number of thiophene rings is 1. The summed E-state index contributed by atoms with van der Waals surface area (Å²) in [6.45, 7) is 4.42. The summed E-state index contributed by atoms with van der Waals surface area (Å²) in [6, 6.07) is 21.6. The molecule has 0 atom stereocenters. The first-order valence-electron chi connectivity index (χ1n) is 8.49. The molecule has 0 unspecified atom stereocenters. The molecule has 0 bridgehead atoms. The highest BCUT2D eigenvalue weighted by molar-refractivity contribution is 7.26. The molecule has 0 radical (unpaired) electrons. The molecule has 0 saturated carbocycles. The molecule has 25 heavy (non-hydrogen) atoms. The Kier molecular flexibility index (Phi) is 3.16. The monoisotopic (exact) mass is 339 g/mol. The van der Waals surface area contributed by atoms with Crippen molar-refractivity contribution in [3.63, 3.8) is 0 Å². The van der Waals surface area contributed by atoms with Gasteiger partial charge in [-0.25, -0.2) is 0 Å². The van der Waals surface area contributed by atoms with E-state index >= 15 is 0 Å². The van der Waals surface area contributed by atoms with Gasteiger partial charge in [-0.05, 0) is 48.6 Å². The minimum atomic E-state index is 1.09. The Morgan fingerprint density at radius 2 is 1.56 bits per heavy atom. The predicted molar refractivity (Wildman–Crippen MR) is 110 cm³/mol. The van der Waals surface area contributed by atoms with E-state index < -0.39 is 0 Å². The minimum Gasteiger partial charge on any atom is -0.256 e. The van der Waals surface area contributed by atoms with Gasteiger partial charge in [-0.1, -0.05) is 42.5 Å². The van der Waals surface area contributed by atoms with E-state index in [9.17, 15) is 0 Å². The highest BCUT2D eigenvalue weighted by Crippen LogP contribution is 2.43. The van der Waals surface area contributed by atoms with Crippen molar-refractivity contribution >= 4 is 42.3 Å². The van der Waals surface area contributed by atoms with Crippen LogP contribution in [-0.2, 0) is 0 Å². The van der Waals surface area contributed by atoms with E-state index in [0.29, 0.717) is 0 Å². The quantitative estimate of drug-likeness (QED) is 0.324. The Labute approximate surface area is 150 Å². The van der Waals surface area contributed by atoms with Crippen LogP contribution in [0.5, 0.6) is 0 Å². The van der Waals surface area contributed by atoms with Crippen LogP contribution in [0.25, 0.3) is 42.2 Å². The zero-order valence-corrected chi connectivity index (χ0v) is 15.0. The van der Waals surface area contributed by atoms with Crippen LogP contribution in [0, 0.1) is 13.8 Å². The molecule has 0 saturated heterocycles. The van der Waals surface area contributed by atoms with Crippen LogP contribution in [0.4, 0.5) is 0 Å². The molecule has 0 spiro atoms. The number of hydrogen-bond acceptors (Lipinski definition) is 2. The lowest BCUT2D eigenvalue weighted by atomic mass is 9.94. The van der Waals surface area contributed by atoms with Crippen LogP contribution in [0.3, 0.4) is 0 Å². The van der Waals surface area contributed by atoms with Gasteiger partial charge in [0.25, 0.3) is 0 Å². The van der Waals surface area contributed by atoms with Gasteiger partial charge in [-0.2, -0.15) is 0 Å². The van der Waals surface area contributed by atoms with Crippen LogP contribution in [0.1, 0.15) is 11.1 Å². The number of benzene rings is 3. The van der Waals surface area contributed by atoms with Gasteiger partial charge in [0.15, 0.2) is 0 Å². The molecule has 0 aliphatic heterocycles. The molecule has 0 aliphatic carbocycles. The van der Waals surface area contributed by atoms with Gasteiger partial charge in [-0.15, -0.1) is 11.3 Å². The molecule has 3 aromatic carbocycles. The van der Waals surface area contributed by atoms with E-state index in [4.69, 9.17) is 4.98 Å². The van der Waals surface area contributed by atoms with E-state index in [1.165, 1.54) is 47.6 Å². The zero-order chi connectivity index (χ0) is 17.0. The predicted octanol–water partition coefficient (Wildman–Crippen LogP) is 6.89. The second-order valence-electron chi connectivity index (χ2n) is 6.55. The second kappa shape index (κ2) is 5.40. The molecule has 2 aromatic heterocycles. The average molecular weight is 339 g/mol. The summed E-state index contributed by atoms with van der Waals surface area (Å²) in [6.07, 6.45) is 1.93. The fourth-order valence-electron chi connectivity index (χ4n) is 3.69. The SMILES string of the molecule is Cc1cc2c(sc3ccccc32)c(-c2nccc3ccccc23)c1C. The number of rotatable bonds is 1. The van der Waals surface area contributed by atoms with Crippen LogP contribution in [-0.4, -0.2) is 4.98 Å². The third-order valence-corrected chi connectivity index (χ3v) is 6.30. The lowest BCUT2D eigenvalue weighted by molar-refractivity contribution is 1.32. The summed E-state index contributed by atoms with van der Waals surface area (Å²) in [5.74, 6) is 0. The van der Waals surface area contributed by atoms with Crippen LogP contribution in [0.15, 0.2) is 66.9 Å². The van der Waals surface area contributed by atoms with Crippen molar-refractivity contribution in [2.45, 2.75) is 13.8 Å². The van der Waals surface area contributed by atoms with E-state index in [1.807, 2.05) is 17.5 Å². The first-order chi connectivity index (χ1) is 12.2. The number of pyridine rings is 1. The molecule has 0 aliphatic rings. The maximum absolute atomic E-state index is 4.81. The Morgan fingerprint density at radius 1 is 0.800 bits per heavy atom. The first-order valence-corrected chi connectivity index (χ1v) is 9.31. The van der Waals surface area contributed by atoms with Crippen molar-refractivity contribution in [3.05, 3.63) is 78.0 Å². The Balaban J connectivity index is 2.00. The molecule has 0 fully saturated rings. The third-order valence-electron chi connectivity index (χ3n) is 5.10. The standard InChI is InChI=1S/C23H17NS/c1-14-13-19-18-9-5-6-10-20(18)25-23(19)21(15(14)2)22-17-8-4-3-7-16(17)11-12-24-22/h3-13H,1-2H3. The van der Waals surface area contributed by atoms with Gasteiger partial charge in [0.2, 0.25) is 0 Å². The van der Waals surface area contributed by atoms with Crippen molar-refractivity contribution in [1.82, 2.24) is 4.98 Å². The maximum Gasteiger partial charge on any atom is 0.0797 e. The Bertz CT molecular complexity index is 1260. The molecule has 5 aromatic rings. The first kappa shape index (κ1) is 14.6. The fourth-order valence-corrected chi connectivity index (χ4v) is 4.98. The fraction of sp³-hybridized carbons (Fsp3) is 0.0870. The number of nitrogens with zero attached hydrogens (tertiary/aromatic N) is 1. The smallest absolute Gasteiger partial charge is 0.0797 e. The van der Waals surface area contributed by atoms with E-state index in [0.717, 1.165) is 5.69 Å². The number of hydrogen-bond donors (Lipinski definition) is 0.